The zero-order valence-electron chi connectivity index (χ0n) is 32.2. The van der Waals surface area contributed by atoms with Crippen molar-refractivity contribution in [2.45, 2.75) is 57.8 Å². The van der Waals surface area contributed by atoms with Gasteiger partial charge in [0.15, 0.2) is 0 Å². The Hall–Kier alpha value is -6.24. The third-order valence-corrected chi connectivity index (χ3v) is 14.2. The zero-order chi connectivity index (χ0) is 37.2. The van der Waals surface area contributed by atoms with Crippen molar-refractivity contribution in [3.05, 3.63) is 191 Å². The molecule has 0 amide bonds. The summed E-state index contributed by atoms with van der Waals surface area (Å²) < 4.78 is 0. The minimum absolute atomic E-state index is 1.09. The van der Waals surface area contributed by atoms with Crippen molar-refractivity contribution < 1.29 is 0 Å². The predicted octanol–water partition coefficient (Wildman–Crippen LogP) is 13.6. The van der Waals surface area contributed by atoms with Gasteiger partial charge in [-0.15, -0.1) is 0 Å². The number of benzene rings is 6. The molecule has 0 spiro atoms. The fourth-order valence-electron chi connectivity index (χ4n) is 11.6. The van der Waals surface area contributed by atoms with Gasteiger partial charge in [0.1, 0.15) is 0 Å². The molecule has 0 heteroatoms. The van der Waals surface area contributed by atoms with Gasteiger partial charge in [-0.2, -0.15) is 0 Å². The summed E-state index contributed by atoms with van der Waals surface area (Å²) in [6, 6.07) is 14.3. The van der Waals surface area contributed by atoms with Crippen molar-refractivity contribution in [3.8, 4) is 0 Å². The monoisotopic (exact) mass is 726 g/mol. The molecule has 0 heterocycles. The molecule has 0 radical (unpaired) electrons. The Kier molecular flexibility index (Phi) is 6.79. The van der Waals surface area contributed by atoms with Gasteiger partial charge >= 0.3 is 0 Å². The van der Waals surface area contributed by atoms with Gasteiger partial charge in [-0.1, -0.05) is 122 Å². The van der Waals surface area contributed by atoms with Crippen molar-refractivity contribution in [2.75, 3.05) is 0 Å². The average molecular weight is 727 g/mol. The molecule has 0 unspecified atom stereocenters. The van der Waals surface area contributed by atoms with Gasteiger partial charge in [0, 0.05) is 0 Å². The molecule has 0 atom stereocenters. The summed E-state index contributed by atoms with van der Waals surface area (Å²) in [7, 11) is 0. The number of hydrogen-bond acceptors (Lipinski definition) is 0. The van der Waals surface area contributed by atoms with Crippen LogP contribution in [-0.4, -0.2) is 0 Å². The quantitative estimate of drug-likeness (QED) is 0.146. The van der Waals surface area contributed by atoms with Crippen LogP contribution in [-0.2, 0) is 57.8 Å². The van der Waals surface area contributed by atoms with Crippen molar-refractivity contribution in [1.82, 2.24) is 0 Å². The van der Waals surface area contributed by atoms with Crippen LogP contribution >= 0.6 is 0 Å². The SMILES string of the molecule is C1=Cc2c(ccc3c4c(c5c(c23)CC=C5)CC=C4)C1.C1=Cc2cc3c4c(c5c(c3cc2C1)C=CC5)C=CC4.C1=Cc2cc3c4c(c5c(c3cc2C1)C=CC5)CC=C4. The highest BCUT2D eigenvalue weighted by Crippen LogP contribution is 2.44. The summed E-state index contributed by atoms with van der Waals surface area (Å²) in [5.74, 6) is 0. The van der Waals surface area contributed by atoms with E-state index >= 15 is 0 Å². The number of allylic oxidation sites excluding steroid dienone is 9. The maximum Gasteiger partial charge on any atom is -0.00612 e. The number of fused-ring (bicyclic) bond motifs is 22. The highest BCUT2D eigenvalue weighted by molar-refractivity contribution is 6.06. The van der Waals surface area contributed by atoms with Gasteiger partial charge in [-0.3, -0.25) is 0 Å². The third-order valence-electron chi connectivity index (χ3n) is 14.2. The molecule has 0 N–H and O–H groups in total. The maximum atomic E-state index is 2.43. The lowest BCUT2D eigenvalue weighted by Gasteiger charge is -2.16. The standard InChI is InChI=1S/3C19H14/c2*1-4-12-10-18-16-8-2-6-14(16)15-7-3-9-17(15)19(18)11-13(12)5-1;1-4-12-10-11-18-16-7-2-6-14(16)15-8-3-9-17(15)19(18)13(12)5-1/h1-4,8-11H,5-7H2;1-4,6,9-11H,5,7-8H2;1-3,5,7-8,10-11H,4,6,9H2. The van der Waals surface area contributed by atoms with Crippen LogP contribution in [0.15, 0.2) is 91.1 Å². The van der Waals surface area contributed by atoms with E-state index < -0.39 is 0 Å². The molecule has 0 saturated carbocycles. The zero-order valence-corrected chi connectivity index (χ0v) is 32.2. The number of rotatable bonds is 0. The van der Waals surface area contributed by atoms with E-state index in [1.165, 1.54) is 105 Å². The average Bonchev–Trinajstić information content (AvgIpc) is 4.10. The molecule has 0 aliphatic heterocycles. The molecular weight excluding hydrogens is 685 g/mol. The molecule has 15 rings (SSSR count). The van der Waals surface area contributed by atoms with Gasteiger partial charge in [0.05, 0.1) is 0 Å². The molecule has 270 valence electrons. The topological polar surface area (TPSA) is 0 Å². The Morgan fingerprint density at radius 2 is 0.649 bits per heavy atom. The summed E-state index contributed by atoms with van der Waals surface area (Å²) in [6.07, 6.45) is 51.4. The van der Waals surface area contributed by atoms with E-state index in [0.717, 1.165) is 57.8 Å². The smallest absolute Gasteiger partial charge is 0.00612 e. The van der Waals surface area contributed by atoms with Crippen LogP contribution in [0.5, 0.6) is 0 Å². The Morgan fingerprint density at radius 1 is 0.246 bits per heavy atom. The lowest BCUT2D eigenvalue weighted by atomic mass is 9.88. The Morgan fingerprint density at radius 3 is 1.30 bits per heavy atom. The molecule has 0 bridgehead atoms. The van der Waals surface area contributed by atoms with Gasteiger partial charge < -0.3 is 0 Å². The van der Waals surface area contributed by atoms with E-state index in [1.807, 2.05) is 0 Å². The van der Waals surface area contributed by atoms with Crippen molar-refractivity contribution >= 4 is 87.0 Å². The number of hydrogen-bond donors (Lipinski definition) is 0. The fraction of sp³-hybridized carbons (Fsp3) is 0.158. The van der Waals surface area contributed by atoms with Gasteiger partial charge in [-0.05, 0) is 215 Å². The molecule has 9 aliphatic carbocycles. The van der Waals surface area contributed by atoms with Gasteiger partial charge in [0.25, 0.3) is 0 Å². The van der Waals surface area contributed by atoms with E-state index in [-0.39, 0.29) is 0 Å². The summed E-state index contributed by atoms with van der Waals surface area (Å²) in [5.41, 5.74) is 27.0. The summed E-state index contributed by atoms with van der Waals surface area (Å²) in [6.45, 7) is 0. The van der Waals surface area contributed by atoms with E-state index in [1.54, 1.807) is 27.8 Å². The first-order valence-corrected chi connectivity index (χ1v) is 21.2. The minimum atomic E-state index is 1.09. The second kappa shape index (κ2) is 12.1. The van der Waals surface area contributed by atoms with Crippen molar-refractivity contribution in [1.29, 1.82) is 0 Å². The van der Waals surface area contributed by atoms with E-state index in [9.17, 15) is 0 Å². The maximum absolute atomic E-state index is 2.43. The second-order valence-corrected chi connectivity index (χ2v) is 17.1. The molecule has 57 heavy (non-hydrogen) atoms. The van der Waals surface area contributed by atoms with Crippen LogP contribution in [0.4, 0.5) is 0 Å². The highest BCUT2D eigenvalue weighted by atomic mass is 14.3. The Bertz CT molecular complexity index is 3170. The summed E-state index contributed by atoms with van der Waals surface area (Å²) in [4.78, 5) is 0. The van der Waals surface area contributed by atoms with E-state index in [4.69, 9.17) is 0 Å². The predicted molar refractivity (Wildman–Crippen MR) is 246 cm³/mol. The minimum Gasteiger partial charge on any atom is -0.0795 e. The van der Waals surface area contributed by atoms with E-state index in [2.05, 4.69) is 146 Å². The third kappa shape index (κ3) is 4.62. The fourth-order valence-corrected chi connectivity index (χ4v) is 11.6. The van der Waals surface area contributed by atoms with Crippen LogP contribution in [0, 0.1) is 0 Å². The van der Waals surface area contributed by atoms with Crippen LogP contribution in [0.2, 0.25) is 0 Å². The molecule has 0 nitrogen and oxygen atoms in total. The lowest BCUT2D eigenvalue weighted by Crippen LogP contribution is -1.97. The van der Waals surface area contributed by atoms with Crippen molar-refractivity contribution in [2.24, 2.45) is 0 Å². The first-order valence-electron chi connectivity index (χ1n) is 21.2. The Balaban J connectivity index is 0.0000000895. The van der Waals surface area contributed by atoms with Gasteiger partial charge in [-0.25, -0.2) is 0 Å². The Labute approximate surface area is 334 Å². The molecule has 9 aliphatic rings. The first kappa shape index (κ1) is 31.9. The molecule has 0 fully saturated rings. The van der Waals surface area contributed by atoms with E-state index in [0.29, 0.717) is 0 Å². The molecular formula is C57H42. The normalized spacial score (nSPS) is 17.3. The lowest BCUT2D eigenvalue weighted by molar-refractivity contribution is 1.19. The highest BCUT2D eigenvalue weighted by Gasteiger charge is 2.25. The largest absolute Gasteiger partial charge is 0.0795 e. The second-order valence-electron chi connectivity index (χ2n) is 17.1. The first-order chi connectivity index (χ1) is 28.3. The van der Waals surface area contributed by atoms with Crippen LogP contribution in [0.3, 0.4) is 0 Å². The molecule has 0 saturated heterocycles. The van der Waals surface area contributed by atoms with Crippen LogP contribution in [0.1, 0.15) is 100 Å². The summed E-state index contributed by atoms with van der Waals surface area (Å²) in [5, 5.41) is 8.80. The van der Waals surface area contributed by atoms with Gasteiger partial charge in [0.2, 0.25) is 0 Å². The molecule has 6 aromatic rings. The van der Waals surface area contributed by atoms with Crippen LogP contribution < -0.4 is 0 Å². The molecule has 6 aromatic carbocycles. The summed E-state index contributed by atoms with van der Waals surface area (Å²) >= 11 is 0. The molecule has 0 aromatic heterocycles. The van der Waals surface area contributed by atoms with Crippen molar-refractivity contribution in [3.63, 3.8) is 0 Å². The van der Waals surface area contributed by atoms with Crippen LogP contribution in [0.25, 0.3) is 87.0 Å².